The fourth-order valence-electron chi connectivity index (χ4n) is 3.01. The van der Waals surface area contributed by atoms with Gasteiger partial charge in [0.1, 0.15) is 6.33 Å². The third kappa shape index (κ3) is 5.74. The van der Waals surface area contributed by atoms with Gasteiger partial charge in [-0.05, 0) is 26.2 Å². The number of ether oxygens (including phenoxy) is 1. The molecule has 1 atom stereocenters. The Morgan fingerprint density at radius 3 is 2.78 bits per heavy atom. The second-order valence-corrected chi connectivity index (χ2v) is 6.79. The van der Waals surface area contributed by atoms with Crippen molar-refractivity contribution >= 4 is 17.7 Å². The van der Waals surface area contributed by atoms with Gasteiger partial charge in [-0.2, -0.15) is 10.1 Å². The molecule has 0 unspecified atom stereocenters. The molecule has 8 heteroatoms. The van der Waals surface area contributed by atoms with Crippen LogP contribution in [0.15, 0.2) is 6.33 Å². The Balaban J connectivity index is 1.83. The lowest BCUT2D eigenvalue weighted by Crippen LogP contribution is -2.33. The zero-order valence-electron chi connectivity index (χ0n) is 16.6. The monoisotopic (exact) mass is 375 g/mol. The average Bonchev–Trinajstić information content (AvgIpc) is 3.12. The molecule has 0 aliphatic heterocycles. The van der Waals surface area contributed by atoms with Crippen molar-refractivity contribution in [3.8, 4) is 0 Å². The normalized spacial score (nSPS) is 12.1. The fraction of sp³-hybridized carbons (Fsp3) is 0.632. The Bertz CT molecular complexity index is 787. The van der Waals surface area contributed by atoms with E-state index in [2.05, 4.69) is 34.2 Å². The number of aromatic nitrogens is 4. The summed E-state index contributed by atoms with van der Waals surface area (Å²) in [5.74, 6) is 0.234. The van der Waals surface area contributed by atoms with E-state index >= 15 is 0 Å². The van der Waals surface area contributed by atoms with Gasteiger partial charge in [0, 0.05) is 23.5 Å². The summed E-state index contributed by atoms with van der Waals surface area (Å²) in [6.45, 7) is 8.31. The minimum Gasteiger partial charge on any atom is -0.455 e. The van der Waals surface area contributed by atoms with Crippen molar-refractivity contribution in [1.82, 2.24) is 24.9 Å². The van der Waals surface area contributed by atoms with Crippen LogP contribution in [0.1, 0.15) is 56.5 Å². The quantitative estimate of drug-likeness (QED) is 0.639. The first-order chi connectivity index (χ1) is 13.0. The van der Waals surface area contributed by atoms with E-state index in [1.165, 1.54) is 6.33 Å². The van der Waals surface area contributed by atoms with Gasteiger partial charge >= 0.3 is 5.97 Å². The number of nitrogens with one attached hydrogen (secondary N) is 1. The zero-order chi connectivity index (χ0) is 19.8. The Morgan fingerprint density at radius 2 is 2.07 bits per heavy atom. The minimum absolute atomic E-state index is 0.0435. The predicted molar refractivity (Wildman–Crippen MR) is 101 cm³/mol. The highest BCUT2D eigenvalue weighted by molar-refractivity contribution is 5.81. The number of rotatable bonds is 10. The van der Waals surface area contributed by atoms with Gasteiger partial charge in [-0.1, -0.05) is 33.1 Å². The van der Waals surface area contributed by atoms with Crippen molar-refractivity contribution in [2.45, 2.75) is 59.8 Å². The Labute approximate surface area is 159 Å². The molecule has 2 heterocycles. The Hall–Kier alpha value is -2.51. The molecule has 1 N–H and O–H groups in total. The first-order valence-electron chi connectivity index (χ1n) is 9.54. The van der Waals surface area contributed by atoms with E-state index in [-0.39, 0.29) is 18.9 Å². The van der Waals surface area contributed by atoms with Crippen LogP contribution in [-0.2, 0) is 20.7 Å². The third-order valence-corrected chi connectivity index (χ3v) is 4.81. The van der Waals surface area contributed by atoms with Crippen LogP contribution in [0.25, 0.3) is 5.78 Å². The number of nitrogens with zero attached hydrogens (tertiary/aromatic N) is 4. The van der Waals surface area contributed by atoms with E-state index in [1.54, 1.807) is 4.52 Å². The standard InChI is InChI=1S/C19H29N5O3/c1-5-7-8-15(6-2)10-20-17(25)11-27-18(26)9-16-13(3)23-19-21-12-22-24(19)14(16)4/h12,15H,5-11H2,1-4H3,(H,20,25)/t15-/m1/s1. The number of esters is 1. The average molecular weight is 375 g/mol. The molecule has 0 radical (unpaired) electrons. The summed E-state index contributed by atoms with van der Waals surface area (Å²) >= 11 is 0. The van der Waals surface area contributed by atoms with Crippen LogP contribution in [0, 0.1) is 19.8 Å². The highest BCUT2D eigenvalue weighted by Gasteiger charge is 2.16. The van der Waals surface area contributed by atoms with E-state index in [9.17, 15) is 9.59 Å². The highest BCUT2D eigenvalue weighted by Crippen LogP contribution is 2.14. The predicted octanol–water partition coefficient (Wildman–Crippen LogP) is 2.16. The van der Waals surface area contributed by atoms with Crippen LogP contribution in [-0.4, -0.2) is 44.6 Å². The molecule has 0 saturated heterocycles. The molecule has 0 spiro atoms. The highest BCUT2D eigenvalue weighted by atomic mass is 16.5. The van der Waals surface area contributed by atoms with E-state index < -0.39 is 5.97 Å². The molecule has 8 nitrogen and oxygen atoms in total. The summed E-state index contributed by atoms with van der Waals surface area (Å²) in [6, 6.07) is 0. The number of aryl methyl sites for hydroxylation is 2. The van der Waals surface area contributed by atoms with E-state index in [0.29, 0.717) is 23.9 Å². The van der Waals surface area contributed by atoms with Crippen molar-refractivity contribution in [3.63, 3.8) is 0 Å². The molecular formula is C19H29N5O3. The molecule has 0 bridgehead atoms. The molecule has 0 aromatic carbocycles. The van der Waals surface area contributed by atoms with Crippen LogP contribution in [0.2, 0.25) is 0 Å². The lowest BCUT2D eigenvalue weighted by Gasteiger charge is -2.15. The number of unbranched alkanes of at least 4 members (excludes halogenated alkanes) is 1. The van der Waals surface area contributed by atoms with Crippen LogP contribution < -0.4 is 5.32 Å². The fourth-order valence-corrected chi connectivity index (χ4v) is 3.01. The zero-order valence-corrected chi connectivity index (χ0v) is 16.6. The SMILES string of the molecule is CCCC[C@@H](CC)CNC(=O)COC(=O)Cc1c(C)nc2ncnn2c1C. The van der Waals surface area contributed by atoms with Gasteiger partial charge in [-0.25, -0.2) is 9.50 Å². The van der Waals surface area contributed by atoms with Gasteiger partial charge < -0.3 is 10.1 Å². The maximum atomic E-state index is 12.2. The summed E-state index contributed by atoms with van der Waals surface area (Å²) in [4.78, 5) is 32.5. The largest absolute Gasteiger partial charge is 0.455 e. The molecule has 0 aliphatic rings. The first-order valence-corrected chi connectivity index (χ1v) is 9.54. The summed E-state index contributed by atoms with van der Waals surface area (Å²) in [5.41, 5.74) is 2.23. The summed E-state index contributed by atoms with van der Waals surface area (Å²) in [5, 5.41) is 6.95. The lowest BCUT2D eigenvalue weighted by molar-refractivity contribution is -0.147. The molecule has 0 saturated carbocycles. The molecule has 27 heavy (non-hydrogen) atoms. The summed E-state index contributed by atoms with van der Waals surface area (Å²) in [6.07, 6.45) is 5.90. The molecular weight excluding hydrogens is 346 g/mol. The van der Waals surface area contributed by atoms with E-state index in [4.69, 9.17) is 4.74 Å². The van der Waals surface area contributed by atoms with Gasteiger partial charge in [0.25, 0.3) is 11.7 Å². The van der Waals surface area contributed by atoms with Crippen LogP contribution in [0.4, 0.5) is 0 Å². The number of hydrogen-bond donors (Lipinski definition) is 1. The molecule has 0 fully saturated rings. The number of amides is 1. The smallest absolute Gasteiger partial charge is 0.310 e. The second-order valence-electron chi connectivity index (χ2n) is 6.79. The molecule has 2 aromatic heterocycles. The van der Waals surface area contributed by atoms with E-state index in [0.717, 1.165) is 36.9 Å². The van der Waals surface area contributed by atoms with Crippen molar-refractivity contribution < 1.29 is 14.3 Å². The Morgan fingerprint density at radius 1 is 1.30 bits per heavy atom. The van der Waals surface area contributed by atoms with Gasteiger partial charge in [-0.15, -0.1) is 0 Å². The number of hydrogen-bond acceptors (Lipinski definition) is 6. The third-order valence-electron chi connectivity index (χ3n) is 4.81. The molecule has 0 aliphatic carbocycles. The maximum Gasteiger partial charge on any atom is 0.310 e. The van der Waals surface area contributed by atoms with Gasteiger partial charge in [0.15, 0.2) is 6.61 Å². The Kier molecular flexibility index (Phi) is 7.69. The van der Waals surface area contributed by atoms with Crippen LogP contribution in [0.3, 0.4) is 0 Å². The molecule has 2 rings (SSSR count). The lowest BCUT2D eigenvalue weighted by atomic mass is 9.99. The maximum absolute atomic E-state index is 12.2. The number of carbonyl (C=O) groups excluding carboxylic acids is 2. The van der Waals surface area contributed by atoms with Gasteiger partial charge in [-0.3, -0.25) is 9.59 Å². The molecule has 2 aromatic rings. The second kappa shape index (κ2) is 9.99. The summed E-state index contributed by atoms with van der Waals surface area (Å²) < 4.78 is 6.72. The summed E-state index contributed by atoms with van der Waals surface area (Å²) in [7, 11) is 0. The van der Waals surface area contributed by atoms with Crippen molar-refractivity contribution in [3.05, 3.63) is 23.3 Å². The van der Waals surface area contributed by atoms with Crippen LogP contribution in [0.5, 0.6) is 0 Å². The van der Waals surface area contributed by atoms with Crippen molar-refractivity contribution in [1.29, 1.82) is 0 Å². The molecule has 1 amide bonds. The number of fused-ring (bicyclic) bond motifs is 1. The first kappa shape index (κ1) is 20.8. The van der Waals surface area contributed by atoms with E-state index in [1.807, 2.05) is 13.8 Å². The molecule has 148 valence electrons. The number of carbonyl (C=O) groups is 2. The van der Waals surface area contributed by atoms with Gasteiger partial charge in [0.05, 0.1) is 6.42 Å². The van der Waals surface area contributed by atoms with Gasteiger partial charge in [0.2, 0.25) is 0 Å². The van der Waals surface area contributed by atoms with Crippen molar-refractivity contribution in [2.75, 3.05) is 13.2 Å². The van der Waals surface area contributed by atoms with Crippen molar-refractivity contribution in [2.24, 2.45) is 5.92 Å². The van der Waals surface area contributed by atoms with Crippen LogP contribution >= 0.6 is 0 Å². The minimum atomic E-state index is -0.462. The topological polar surface area (TPSA) is 98.5 Å².